The van der Waals surface area contributed by atoms with Crippen LogP contribution in [0.2, 0.25) is 0 Å². The number of carbonyl (C=O) groups excluding carboxylic acids is 1. The zero-order chi connectivity index (χ0) is 15.7. The van der Waals surface area contributed by atoms with Crippen LogP contribution in [-0.4, -0.2) is 46.5 Å². The molecule has 7 nitrogen and oxygen atoms in total. The molecule has 1 aromatic heterocycles. The third-order valence-electron chi connectivity index (χ3n) is 4.70. The van der Waals surface area contributed by atoms with Gasteiger partial charge in [0.05, 0.1) is 17.0 Å². The molecule has 0 aromatic carbocycles. The Balaban J connectivity index is 2.05. The maximum Gasteiger partial charge on any atom is 0.325 e. The fourth-order valence-electron chi connectivity index (χ4n) is 3.43. The number of carbonyl (C=O) groups is 2. The van der Waals surface area contributed by atoms with Gasteiger partial charge in [-0.25, -0.2) is 0 Å². The summed E-state index contributed by atoms with van der Waals surface area (Å²) in [4.78, 5) is 23.6. The normalized spacial score (nSPS) is 20.3. The minimum atomic E-state index is -0.946. The van der Waals surface area contributed by atoms with Crippen LogP contribution in [0.4, 0.5) is 0 Å². The zero-order valence-corrected chi connectivity index (χ0v) is 12.7. The SMILES string of the molecule is CCc1nn(CC(=O)O)c2c1C(=O)NCC1(CCOCC1)C2. The maximum atomic E-state index is 12.5. The number of fused-ring (bicyclic) bond motifs is 1. The Morgan fingerprint density at radius 3 is 2.82 bits per heavy atom. The van der Waals surface area contributed by atoms with Crippen LogP contribution in [0, 0.1) is 5.41 Å². The number of amides is 1. The molecule has 120 valence electrons. The van der Waals surface area contributed by atoms with Crippen LogP contribution in [0.15, 0.2) is 0 Å². The molecule has 0 unspecified atom stereocenters. The highest BCUT2D eigenvalue weighted by molar-refractivity contribution is 5.97. The highest BCUT2D eigenvalue weighted by atomic mass is 16.5. The van der Waals surface area contributed by atoms with E-state index < -0.39 is 5.97 Å². The number of rotatable bonds is 3. The predicted octanol–water partition coefficient (Wildman–Crippen LogP) is 0.613. The molecule has 1 fully saturated rings. The van der Waals surface area contributed by atoms with Gasteiger partial charge in [-0.2, -0.15) is 5.10 Å². The van der Waals surface area contributed by atoms with Crippen molar-refractivity contribution in [2.24, 2.45) is 5.41 Å². The summed E-state index contributed by atoms with van der Waals surface area (Å²) in [5.74, 6) is -1.08. The zero-order valence-electron chi connectivity index (χ0n) is 12.7. The Bertz CT molecular complexity index is 602. The molecular weight excluding hydrogens is 286 g/mol. The summed E-state index contributed by atoms with van der Waals surface area (Å²) in [6.07, 6.45) is 3.02. The maximum absolute atomic E-state index is 12.5. The van der Waals surface area contributed by atoms with E-state index in [1.54, 1.807) is 0 Å². The number of nitrogens with zero attached hydrogens (tertiary/aromatic N) is 2. The molecule has 1 spiro atoms. The largest absolute Gasteiger partial charge is 0.480 e. The van der Waals surface area contributed by atoms with E-state index in [4.69, 9.17) is 9.84 Å². The number of nitrogens with one attached hydrogen (secondary N) is 1. The van der Waals surface area contributed by atoms with Gasteiger partial charge in [0, 0.05) is 19.8 Å². The average Bonchev–Trinajstić information content (AvgIpc) is 2.75. The highest BCUT2D eigenvalue weighted by Crippen LogP contribution is 2.37. The molecule has 1 amide bonds. The van der Waals surface area contributed by atoms with E-state index in [-0.39, 0.29) is 17.9 Å². The van der Waals surface area contributed by atoms with E-state index >= 15 is 0 Å². The van der Waals surface area contributed by atoms with Gasteiger partial charge in [0.2, 0.25) is 0 Å². The number of aryl methyl sites for hydroxylation is 1. The topological polar surface area (TPSA) is 93.5 Å². The van der Waals surface area contributed by atoms with E-state index in [2.05, 4.69) is 10.4 Å². The van der Waals surface area contributed by atoms with Crippen molar-refractivity contribution in [2.75, 3.05) is 19.8 Å². The van der Waals surface area contributed by atoms with Gasteiger partial charge in [0.15, 0.2) is 0 Å². The second-order valence-electron chi connectivity index (χ2n) is 6.15. The quantitative estimate of drug-likeness (QED) is 0.853. The summed E-state index contributed by atoms with van der Waals surface area (Å²) < 4.78 is 6.94. The van der Waals surface area contributed by atoms with Crippen LogP contribution in [0.1, 0.15) is 41.5 Å². The summed E-state index contributed by atoms with van der Waals surface area (Å²) in [5, 5.41) is 16.5. The van der Waals surface area contributed by atoms with Gasteiger partial charge in [0.1, 0.15) is 6.54 Å². The molecule has 2 aliphatic rings. The number of carboxylic acids is 1. The summed E-state index contributed by atoms with van der Waals surface area (Å²) in [6, 6.07) is 0. The Kier molecular flexibility index (Phi) is 3.90. The number of aliphatic carboxylic acids is 1. The molecule has 1 saturated heterocycles. The Labute approximate surface area is 128 Å². The monoisotopic (exact) mass is 307 g/mol. The molecule has 2 N–H and O–H groups in total. The molecular formula is C15H21N3O4. The lowest BCUT2D eigenvalue weighted by atomic mass is 9.76. The van der Waals surface area contributed by atoms with Crippen LogP contribution in [0.5, 0.6) is 0 Å². The van der Waals surface area contributed by atoms with Crippen molar-refractivity contribution in [2.45, 2.75) is 39.2 Å². The minimum absolute atomic E-state index is 0.0551. The molecule has 0 bridgehead atoms. The average molecular weight is 307 g/mol. The second-order valence-corrected chi connectivity index (χ2v) is 6.15. The lowest BCUT2D eigenvalue weighted by Gasteiger charge is -2.36. The van der Waals surface area contributed by atoms with Crippen LogP contribution in [0.25, 0.3) is 0 Å². The van der Waals surface area contributed by atoms with Gasteiger partial charge in [-0.05, 0) is 31.1 Å². The van der Waals surface area contributed by atoms with Gasteiger partial charge in [0.25, 0.3) is 5.91 Å². The molecule has 0 atom stereocenters. The Morgan fingerprint density at radius 2 is 2.18 bits per heavy atom. The first-order valence-electron chi connectivity index (χ1n) is 7.71. The van der Waals surface area contributed by atoms with Crippen molar-refractivity contribution in [3.8, 4) is 0 Å². The highest BCUT2D eigenvalue weighted by Gasteiger charge is 2.39. The van der Waals surface area contributed by atoms with Crippen molar-refractivity contribution >= 4 is 11.9 Å². The van der Waals surface area contributed by atoms with Gasteiger partial charge in [-0.1, -0.05) is 6.92 Å². The number of carboxylic acid groups (broad SMARTS) is 1. The van der Waals surface area contributed by atoms with Gasteiger partial charge in [-0.15, -0.1) is 0 Å². The Hall–Kier alpha value is -1.89. The summed E-state index contributed by atoms with van der Waals surface area (Å²) in [6.45, 7) is 3.69. The van der Waals surface area contributed by atoms with Crippen molar-refractivity contribution < 1.29 is 19.4 Å². The second kappa shape index (κ2) is 5.72. The summed E-state index contributed by atoms with van der Waals surface area (Å²) >= 11 is 0. The Morgan fingerprint density at radius 1 is 1.45 bits per heavy atom. The first-order valence-corrected chi connectivity index (χ1v) is 7.71. The smallest absolute Gasteiger partial charge is 0.325 e. The van der Waals surface area contributed by atoms with Crippen molar-refractivity contribution in [3.63, 3.8) is 0 Å². The van der Waals surface area contributed by atoms with Crippen molar-refractivity contribution in [3.05, 3.63) is 17.0 Å². The molecule has 0 aliphatic carbocycles. The third-order valence-corrected chi connectivity index (χ3v) is 4.70. The number of ether oxygens (including phenoxy) is 1. The minimum Gasteiger partial charge on any atom is -0.480 e. The first-order chi connectivity index (χ1) is 10.5. The molecule has 1 aromatic rings. The number of hydrogen-bond donors (Lipinski definition) is 2. The first kappa shape index (κ1) is 15.0. The third kappa shape index (κ3) is 2.61. The van der Waals surface area contributed by atoms with Crippen molar-refractivity contribution in [1.29, 1.82) is 0 Å². The molecule has 2 aliphatic heterocycles. The molecule has 0 saturated carbocycles. The molecule has 3 heterocycles. The van der Waals surface area contributed by atoms with E-state index in [1.165, 1.54) is 4.68 Å². The van der Waals surface area contributed by atoms with Crippen LogP contribution < -0.4 is 5.32 Å². The van der Waals surface area contributed by atoms with Crippen LogP contribution in [0.3, 0.4) is 0 Å². The van der Waals surface area contributed by atoms with Gasteiger partial charge < -0.3 is 15.2 Å². The molecule has 0 radical (unpaired) electrons. The molecule has 7 heteroatoms. The number of aromatic nitrogens is 2. The lowest BCUT2D eigenvalue weighted by molar-refractivity contribution is -0.138. The predicted molar refractivity (Wildman–Crippen MR) is 77.8 cm³/mol. The number of hydrogen-bond acceptors (Lipinski definition) is 4. The lowest BCUT2D eigenvalue weighted by Crippen LogP contribution is -2.40. The standard InChI is InChI=1S/C15H21N3O4/c1-2-10-13-11(18(17-10)8-12(19)20)7-15(9-16-14(13)21)3-5-22-6-4-15/h2-9H2,1H3,(H,16,21)(H,19,20). The molecule has 22 heavy (non-hydrogen) atoms. The van der Waals surface area contributed by atoms with Crippen LogP contribution in [-0.2, 0) is 28.9 Å². The van der Waals surface area contributed by atoms with Crippen molar-refractivity contribution in [1.82, 2.24) is 15.1 Å². The summed E-state index contributed by atoms with van der Waals surface area (Å²) in [5.41, 5.74) is 1.96. The fourth-order valence-corrected chi connectivity index (χ4v) is 3.43. The fraction of sp³-hybridized carbons (Fsp3) is 0.667. The van der Waals surface area contributed by atoms with Gasteiger partial charge in [-0.3, -0.25) is 14.3 Å². The summed E-state index contributed by atoms with van der Waals surface area (Å²) in [7, 11) is 0. The van der Waals surface area contributed by atoms with E-state index in [9.17, 15) is 9.59 Å². The van der Waals surface area contributed by atoms with Gasteiger partial charge >= 0.3 is 5.97 Å². The van der Waals surface area contributed by atoms with Crippen LogP contribution >= 0.6 is 0 Å². The van der Waals surface area contributed by atoms with E-state index in [1.807, 2.05) is 6.92 Å². The van der Waals surface area contributed by atoms with E-state index in [0.717, 1.165) is 18.5 Å². The molecule has 3 rings (SSSR count). The van der Waals surface area contributed by atoms with E-state index in [0.29, 0.717) is 43.9 Å².